The van der Waals surface area contributed by atoms with Crippen LogP contribution in [0.1, 0.15) is 47.0 Å². The molecule has 3 atom stereocenters. The minimum absolute atomic E-state index is 0.00656. The molecule has 2 saturated heterocycles. The number of piperidine rings is 1. The van der Waals surface area contributed by atoms with E-state index in [1.165, 1.54) is 6.33 Å². The number of aromatic nitrogens is 3. The number of carbonyl (C=O) groups is 1. The van der Waals surface area contributed by atoms with Crippen LogP contribution in [0.5, 0.6) is 0 Å². The number of fused-ring (bicyclic) bond motifs is 2. The summed E-state index contributed by atoms with van der Waals surface area (Å²) in [5, 5.41) is 4.54. The summed E-state index contributed by atoms with van der Waals surface area (Å²) in [7, 11) is 1.56. The number of amidine groups is 1. The average molecular weight is 573 g/mol. The van der Waals surface area contributed by atoms with Crippen LogP contribution in [0.25, 0.3) is 5.69 Å². The molecule has 40 heavy (non-hydrogen) atoms. The molecule has 3 heterocycles. The molecular weight excluding hydrogens is 536 g/mol. The molecule has 12 heteroatoms. The Balaban J connectivity index is 1.62. The largest absolute Gasteiger partial charge is 0.490 e. The number of aliphatic imine (C=N–C) groups is 2. The molecule has 0 spiro atoms. The molecule has 3 unspecified atom stereocenters. The first kappa shape index (κ1) is 29.5. The van der Waals surface area contributed by atoms with Crippen LogP contribution in [0.15, 0.2) is 52.4 Å². The number of allylic oxidation sites excluding steroid dienone is 1. The van der Waals surface area contributed by atoms with Gasteiger partial charge in [-0.15, -0.1) is 0 Å². The number of carbonyl (C=O) groups excluding carboxylic acids is 1. The summed E-state index contributed by atoms with van der Waals surface area (Å²) >= 11 is 6.57. The Kier molecular flexibility index (Phi) is 9.80. The van der Waals surface area contributed by atoms with Crippen LogP contribution < -0.4 is 0 Å². The van der Waals surface area contributed by atoms with Crippen molar-refractivity contribution in [1.29, 1.82) is 0 Å². The second kappa shape index (κ2) is 13.3. The van der Waals surface area contributed by atoms with Crippen LogP contribution in [-0.4, -0.2) is 82.9 Å². The van der Waals surface area contributed by atoms with Crippen molar-refractivity contribution in [2.75, 3.05) is 20.3 Å². The van der Waals surface area contributed by atoms with Crippen LogP contribution in [0.2, 0.25) is 5.02 Å². The molecule has 2 aromatic rings. The highest BCUT2D eigenvalue weighted by molar-refractivity contribution is 6.33. The number of nitrogens with zero attached hydrogens (tertiary/aromatic N) is 6. The Morgan fingerprint density at radius 3 is 2.52 bits per heavy atom. The molecule has 2 aliphatic heterocycles. The van der Waals surface area contributed by atoms with E-state index in [1.54, 1.807) is 30.3 Å². The van der Waals surface area contributed by atoms with Crippen molar-refractivity contribution in [1.82, 2.24) is 19.7 Å². The molecule has 2 bridgehead atoms. The molecule has 1 aromatic carbocycles. The third-order valence-corrected chi connectivity index (χ3v) is 7.30. The number of ether oxygens (including phenoxy) is 4. The summed E-state index contributed by atoms with van der Waals surface area (Å²) in [4.78, 5) is 27.4. The maximum Gasteiger partial charge on any atom is 0.410 e. The molecule has 1 aromatic heterocycles. The molecule has 11 nitrogen and oxygen atoms in total. The molecule has 4 rings (SSSR count). The van der Waals surface area contributed by atoms with Gasteiger partial charge in [0.15, 0.2) is 5.84 Å². The molecule has 0 saturated carbocycles. The maximum atomic E-state index is 12.8. The number of rotatable bonds is 9. The van der Waals surface area contributed by atoms with Gasteiger partial charge in [0.05, 0.1) is 54.9 Å². The Labute approximate surface area is 239 Å². The lowest BCUT2D eigenvalue weighted by molar-refractivity contribution is -0.105. The van der Waals surface area contributed by atoms with E-state index in [-0.39, 0.29) is 42.1 Å². The van der Waals surface area contributed by atoms with Gasteiger partial charge in [-0.3, -0.25) is 4.90 Å². The van der Waals surface area contributed by atoms with E-state index in [2.05, 4.69) is 40.6 Å². The van der Waals surface area contributed by atoms with Gasteiger partial charge in [-0.05, 0) is 45.2 Å². The van der Waals surface area contributed by atoms with Gasteiger partial charge in [-0.1, -0.05) is 25.4 Å². The van der Waals surface area contributed by atoms with Gasteiger partial charge in [0.2, 0.25) is 5.76 Å². The minimum atomic E-state index is -0.306. The van der Waals surface area contributed by atoms with Crippen LogP contribution in [-0.2, 0) is 18.9 Å². The second-order valence-corrected chi connectivity index (χ2v) is 10.6. The number of amides is 1. The van der Waals surface area contributed by atoms with E-state index in [4.69, 9.17) is 30.5 Å². The number of hydrogen-bond donors (Lipinski definition) is 0. The molecule has 2 aliphatic rings. The van der Waals surface area contributed by atoms with E-state index in [0.29, 0.717) is 48.3 Å². The number of methoxy groups -OCH3 is 1. The smallest absolute Gasteiger partial charge is 0.410 e. The van der Waals surface area contributed by atoms with E-state index in [1.807, 2.05) is 24.8 Å². The summed E-state index contributed by atoms with van der Waals surface area (Å²) in [6.07, 6.45) is 4.39. The molecule has 0 radical (unpaired) electrons. The Bertz CT molecular complexity index is 1230. The van der Waals surface area contributed by atoms with Crippen LogP contribution in [0, 0.1) is 5.92 Å². The molecule has 1 amide bonds. The third kappa shape index (κ3) is 6.64. The van der Waals surface area contributed by atoms with E-state index in [9.17, 15) is 4.79 Å². The average Bonchev–Trinajstić information content (AvgIpc) is 3.47. The zero-order valence-corrected chi connectivity index (χ0v) is 24.4. The molecular formula is C28H37ClN6O5. The Morgan fingerprint density at radius 2 is 1.98 bits per heavy atom. The van der Waals surface area contributed by atoms with Crippen LogP contribution in [0.3, 0.4) is 0 Å². The normalized spacial score (nSPS) is 22.4. The monoisotopic (exact) mass is 572 g/mol. The summed E-state index contributed by atoms with van der Waals surface area (Å²) in [5.41, 5.74) is 1.24. The predicted octanol–water partition coefficient (Wildman–Crippen LogP) is 5.35. The highest BCUT2D eigenvalue weighted by atomic mass is 35.5. The lowest BCUT2D eigenvalue weighted by atomic mass is 9.92. The first-order valence-electron chi connectivity index (χ1n) is 13.5. The molecule has 0 aliphatic carbocycles. The number of benzene rings is 1. The Hall–Kier alpha value is -3.44. The van der Waals surface area contributed by atoms with Crippen LogP contribution in [0.4, 0.5) is 10.5 Å². The van der Waals surface area contributed by atoms with Crippen LogP contribution >= 0.6 is 11.6 Å². The van der Waals surface area contributed by atoms with Gasteiger partial charge in [0.1, 0.15) is 24.5 Å². The first-order valence-corrected chi connectivity index (χ1v) is 13.8. The second-order valence-electron chi connectivity index (χ2n) is 10.2. The van der Waals surface area contributed by atoms with Crippen molar-refractivity contribution in [3.63, 3.8) is 0 Å². The van der Waals surface area contributed by atoms with Crippen molar-refractivity contribution in [2.24, 2.45) is 15.9 Å². The zero-order chi connectivity index (χ0) is 28.8. The third-order valence-electron chi connectivity index (χ3n) is 7.00. The maximum absolute atomic E-state index is 12.8. The van der Waals surface area contributed by atoms with Gasteiger partial charge in [-0.2, -0.15) is 5.10 Å². The van der Waals surface area contributed by atoms with Gasteiger partial charge in [0, 0.05) is 18.8 Å². The predicted molar refractivity (Wildman–Crippen MR) is 152 cm³/mol. The van der Waals surface area contributed by atoms with Crippen molar-refractivity contribution in [2.45, 2.75) is 71.2 Å². The van der Waals surface area contributed by atoms with Crippen molar-refractivity contribution >= 4 is 35.9 Å². The van der Waals surface area contributed by atoms with Gasteiger partial charge in [-0.25, -0.2) is 24.4 Å². The highest BCUT2D eigenvalue weighted by Crippen LogP contribution is 2.35. The molecule has 216 valence electrons. The topological polar surface area (TPSA) is 113 Å². The molecule has 0 N–H and O–H groups in total. The minimum Gasteiger partial charge on any atom is -0.490 e. The van der Waals surface area contributed by atoms with E-state index >= 15 is 0 Å². The summed E-state index contributed by atoms with van der Waals surface area (Å²) < 4.78 is 25.4. The first-order chi connectivity index (χ1) is 19.2. The lowest BCUT2D eigenvalue weighted by Crippen LogP contribution is -2.60. The van der Waals surface area contributed by atoms with Gasteiger partial charge in [0.25, 0.3) is 0 Å². The van der Waals surface area contributed by atoms with Gasteiger partial charge >= 0.3 is 6.09 Å². The van der Waals surface area contributed by atoms with Crippen molar-refractivity contribution in [3.8, 4) is 5.69 Å². The fraction of sp³-hybridized carbons (Fsp3) is 0.536. The SMILES string of the molecule is C=NC(=Nc1ccc(-n2cncn2)cc1Cl)/C(OC)=C(/OC1CC2COCC(C1)N2C(=O)OC(C)C)C(C)CC. The van der Waals surface area contributed by atoms with Gasteiger partial charge < -0.3 is 18.9 Å². The lowest BCUT2D eigenvalue weighted by Gasteiger charge is -2.47. The summed E-state index contributed by atoms with van der Waals surface area (Å²) in [5.74, 6) is 1.29. The number of hydrogen-bond acceptors (Lipinski definition) is 8. The summed E-state index contributed by atoms with van der Waals surface area (Å²) in [6, 6.07) is 5.08. The zero-order valence-electron chi connectivity index (χ0n) is 23.6. The fourth-order valence-corrected chi connectivity index (χ4v) is 5.14. The quantitative estimate of drug-likeness (QED) is 0.226. The number of halogens is 1. The van der Waals surface area contributed by atoms with Crippen molar-refractivity contribution in [3.05, 3.63) is 47.4 Å². The van der Waals surface area contributed by atoms with Crippen molar-refractivity contribution < 1.29 is 23.7 Å². The number of morpholine rings is 1. The highest BCUT2D eigenvalue weighted by Gasteiger charge is 2.44. The summed E-state index contributed by atoms with van der Waals surface area (Å²) in [6.45, 7) is 12.4. The Morgan fingerprint density at radius 1 is 1.25 bits per heavy atom. The standard InChI is InChI=1S/C28H37ClN6O5/c1-7-18(4)25(40-22-10-20-13-38-14-21(11-22)35(20)28(36)39-17(2)3)26(37-6)27(30-5)33-24-9-8-19(12-23(24)29)34-16-31-15-32-34/h8-9,12,15-18,20-22H,5,7,10-11,13-14H2,1-4,6H3/b26-25-,33-27?. The molecule has 2 fully saturated rings. The van der Waals surface area contributed by atoms with E-state index < -0.39 is 0 Å². The van der Waals surface area contributed by atoms with E-state index in [0.717, 1.165) is 12.1 Å². The fourth-order valence-electron chi connectivity index (χ4n) is 4.93.